The molecular formula is C15H14FN3. The van der Waals surface area contributed by atoms with Crippen LogP contribution in [0.3, 0.4) is 0 Å². The van der Waals surface area contributed by atoms with E-state index >= 15 is 0 Å². The lowest BCUT2D eigenvalue weighted by molar-refractivity contribution is 0.333. The minimum atomic E-state index is -0.408. The van der Waals surface area contributed by atoms with E-state index in [2.05, 4.69) is 29.1 Å². The van der Waals surface area contributed by atoms with Gasteiger partial charge in [0, 0.05) is 24.9 Å². The maximum atomic E-state index is 13.8. The van der Waals surface area contributed by atoms with Crippen LogP contribution in [-0.2, 0) is 0 Å². The fraction of sp³-hybridized carbons (Fsp3) is 0.267. The van der Waals surface area contributed by atoms with Crippen LogP contribution in [0.4, 0.5) is 4.39 Å². The Morgan fingerprint density at radius 1 is 1.37 bits per heavy atom. The van der Waals surface area contributed by atoms with Gasteiger partial charge in [0.2, 0.25) is 0 Å². The van der Waals surface area contributed by atoms with Crippen molar-refractivity contribution in [3.05, 3.63) is 47.8 Å². The summed E-state index contributed by atoms with van der Waals surface area (Å²) in [5.74, 6) is 4.64. The van der Waals surface area contributed by atoms with Crippen molar-refractivity contribution in [3.63, 3.8) is 0 Å². The first-order valence-electron chi connectivity index (χ1n) is 6.03. The van der Waals surface area contributed by atoms with E-state index < -0.39 is 5.82 Å². The van der Waals surface area contributed by atoms with Crippen LogP contribution in [0.25, 0.3) is 0 Å². The van der Waals surface area contributed by atoms with E-state index in [1.165, 1.54) is 6.07 Å². The van der Waals surface area contributed by atoms with Gasteiger partial charge in [0.05, 0.1) is 11.7 Å². The van der Waals surface area contributed by atoms with Gasteiger partial charge in [0.15, 0.2) is 6.07 Å². The molecule has 96 valence electrons. The molecule has 0 amide bonds. The molecule has 1 fully saturated rings. The molecule has 3 nitrogen and oxygen atoms in total. The average Bonchev–Trinajstić information content (AvgIpc) is 2.46. The molecular weight excluding hydrogens is 241 g/mol. The quantitative estimate of drug-likeness (QED) is 0.624. The summed E-state index contributed by atoms with van der Waals surface area (Å²) in [6.45, 7) is 5.39. The first-order valence-corrected chi connectivity index (χ1v) is 6.03. The number of nitriles is 1. The lowest BCUT2D eigenvalue weighted by atomic mass is 10.0. The number of benzene rings is 1. The Bertz CT molecular complexity index is 569. The van der Waals surface area contributed by atoms with Crippen molar-refractivity contribution in [2.75, 3.05) is 13.1 Å². The summed E-state index contributed by atoms with van der Waals surface area (Å²) in [6.07, 6.45) is 1.83. The summed E-state index contributed by atoms with van der Waals surface area (Å²) in [4.78, 5) is 0. The minimum absolute atomic E-state index is 0.0660. The maximum absolute atomic E-state index is 13.8. The smallest absolute Gasteiger partial charge is 0.152 e. The summed E-state index contributed by atoms with van der Waals surface area (Å²) >= 11 is 0. The topological polar surface area (TPSA) is 47.9 Å². The van der Waals surface area contributed by atoms with Gasteiger partial charge in [0.1, 0.15) is 5.82 Å². The summed E-state index contributed by atoms with van der Waals surface area (Å²) < 4.78 is 13.8. The Kier molecular flexibility index (Phi) is 4.30. The van der Waals surface area contributed by atoms with Crippen LogP contribution in [0.2, 0.25) is 0 Å². The number of hydrogen-bond acceptors (Lipinski definition) is 3. The molecule has 1 aliphatic rings. The molecule has 19 heavy (non-hydrogen) atoms. The van der Waals surface area contributed by atoms with Gasteiger partial charge in [-0.1, -0.05) is 12.1 Å². The molecule has 0 spiro atoms. The predicted molar refractivity (Wildman–Crippen MR) is 71.3 cm³/mol. The molecule has 1 aromatic carbocycles. The second-order valence-electron chi connectivity index (χ2n) is 4.35. The zero-order valence-electron chi connectivity index (χ0n) is 10.4. The molecule has 1 aliphatic heterocycles. The van der Waals surface area contributed by atoms with Gasteiger partial charge in [-0.2, -0.15) is 5.26 Å². The highest BCUT2D eigenvalue weighted by molar-refractivity contribution is 5.40. The second-order valence-corrected chi connectivity index (χ2v) is 4.35. The maximum Gasteiger partial charge on any atom is 0.152 e. The van der Waals surface area contributed by atoms with Crippen molar-refractivity contribution in [2.45, 2.75) is 6.17 Å². The highest BCUT2D eigenvalue weighted by Crippen LogP contribution is 2.18. The SMILES string of the molecule is C=CC1CNC(c2ccc(C#CC#N)c(F)c2)NC1. The molecule has 0 aromatic heterocycles. The van der Waals surface area contributed by atoms with Crippen LogP contribution in [0.5, 0.6) is 0 Å². The number of halogens is 1. The number of nitrogens with one attached hydrogen (secondary N) is 2. The lowest BCUT2D eigenvalue weighted by Crippen LogP contribution is -2.46. The minimum Gasteiger partial charge on any atom is -0.297 e. The van der Waals surface area contributed by atoms with Crippen LogP contribution >= 0.6 is 0 Å². The Morgan fingerprint density at radius 2 is 2.11 bits per heavy atom. The molecule has 1 heterocycles. The van der Waals surface area contributed by atoms with Gasteiger partial charge in [0.25, 0.3) is 0 Å². The van der Waals surface area contributed by atoms with E-state index in [9.17, 15) is 4.39 Å². The van der Waals surface area contributed by atoms with Crippen molar-refractivity contribution >= 4 is 0 Å². The third-order valence-electron chi connectivity index (χ3n) is 3.08. The zero-order chi connectivity index (χ0) is 13.7. The average molecular weight is 255 g/mol. The fourth-order valence-corrected chi connectivity index (χ4v) is 1.99. The molecule has 1 saturated heterocycles. The molecule has 2 N–H and O–H groups in total. The largest absolute Gasteiger partial charge is 0.297 e. The molecule has 0 atom stereocenters. The molecule has 1 aromatic rings. The van der Waals surface area contributed by atoms with Crippen molar-refractivity contribution < 1.29 is 4.39 Å². The van der Waals surface area contributed by atoms with E-state index in [1.807, 2.05) is 12.1 Å². The van der Waals surface area contributed by atoms with Crippen molar-refractivity contribution in [1.29, 1.82) is 5.26 Å². The van der Waals surface area contributed by atoms with Gasteiger partial charge >= 0.3 is 0 Å². The van der Waals surface area contributed by atoms with Crippen molar-refractivity contribution in [2.24, 2.45) is 5.92 Å². The molecule has 0 unspecified atom stereocenters. The van der Waals surface area contributed by atoms with Crippen LogP contribution in [-0.4, -0.2) is 13.1 Å². The number of nitrogens with zero attached hydrogens (tertiary/aromatic N) is 1. The Morgan fingerprint density at radius 3 is 2.68 bits per heavy atom. The van der Waals surface area contributed by atoms with Gasteiger partial charge in [-0.3, -0.25) is 10.6 Å². The highest BCUT2D eigenvalue weighted by atomic mass is 19.1. The molecule has 4 heteroatoms. The normalized spacial score (nSPS) is 21.9. The summed E-state index contributed by atoms with van der Waals surface area (Å²) in [5, 5.41) is 14.9. The molecule has 0 saturated carbocycles. The van der Waals surface area contributed by atoms with Crippen LogP contribution in [0.1, 0.15) is 17.3 Å². The van der Waals surface area contributed by atoms with E-state index in [4.69, 9.17) is 5.26 Å². The highest BCUT2D eigenvalue weighted by Gasteiger charge is 2.19. The monoisotopic (exact) mass is 255 g/mol. The van der Waals surface area contributed by atoms with E-state index in [0.29, 0.717) is 5.92 Å². The van der Waals surface area contributed by atoms with Crippen LogP contribution < -0.4 is 10.6 Å². The summed E-state index contributed by atoms with van der Waals surface area (Å²) in [6, 6.07) is 6.52. The van der Waals surface area contributed by atoms with E-state index in [1.54, 1.807) is 12.1 Å². The van der Waals surface area contributed by atoms with Gasteiger partial charge in [-0.05, 0) is 23.6 Å². The van der Waals surface area contributed by atoms with E-state index in [0.717, 1.165) is 18.7 Å². The predicted octanol–water partition coefficient (Wildman–Crippen LogP) is 1.69. The third kappa shape index (κ3) is 3.20. The molecule has 0 aliphatic carbocycles. The standard InChI is InChI=1S/C15H14FN3/c1-2-11-9-18-15(19-10-11)13-6-5-12(4-3-7-17)14(16)8-13/h2,5-6,8,11,15,18-19H,1,9-10H2. The molecule has 0 radical (unpaired) electrons. The van der Waals surface area contributed by atoms with Crippen LogP contribution in [0.15, 0.2) is 30.9 Å². The second kappa shape index (κ2) is 6.15. The number of rotatable bonds is 2. The molecule has 0 bridgehead atoms. The fourth-order valence-electron chi connectivity index (χ4n) is 1.99. The lowest BCUT2D eigenvalue weighted by Gasteiger charge is -2.30. The summed E-state index contributed by atoms with van der Waals surface area (Å²) in [5.41, 5.74) is 1.06. The first-order chi connectivity index (χ1) is 9.24. The zero-order valence-corrected chi connectivity index (χ0v) is 10.4. The first kappa shape index (κ1) is 13.3. The van der Waals surface area contributed by atoms with Crippen LogP contribution in [0, 0.1) is 34.9 Å². The molecule has 2 rings (SSSR count). The van der Waals surface area contributed by atoms with Crippen molar-refractivity contribution in [1.82, 2.24) is 10.6 Å². The van der Waals surface area contributed by atoms with Crippen molar-refractivity contribution in [3.8, 4) is 17.9 Å². The Labute approximate surface area is 112 Å². The van der Waals surface area contributed by atoms with Gasteiger partial charge in [-0.15, -0.1) is 6.58 Å². The Balaban J connectivity index is 2.13. The summed E-state index contributed by atoms with van der Waals surface area (Å²) in [7, 11) is 0. The Hall–Kier alpha value is -2.14. The van der Waals surface area contributed by atoms with Gasteiger partial charge < -0.3 is 0 Å². The van der Waals surface area contributed by atoms with Gasteiger partial charge in [-0.25, -0.2) is 4.39 Å². The third-order valence-corrected chi connectivity index (χ3v) is 3.08. The number of hydrogen-bond donors (Lipinski definition) is 2. The van der Waals surface area contributed by atoms with E-state index in [-0.39, 0.29) is 11.7 Å².